The molecule has 0 unspecified atom stereocenters. The molecule has 0 saturated heterocycles. The van der Waals surface area contributed by atoms with Gasteiger partial charge in [0.05, 0.1) is 29.4 Å². The molecule has 0 radical (unpaired) electrons. The van der Waals surface area contributed by atoms with E-state index in [1.165, 1.54) is 18.4 Å². The summed E-state index contributed by atoms with van der Waals surface area (Å²) in [6, 6.07) is 18.8. The van der Waals surface area contributed by atoms with Crippen LogP contribution in [0.3, 0.4) is 0 Å². The Labute approximate surface area is 185 Å². The van der Waals surface area contributed by atoms with Gasteiger partial charge >= 0.3 is 5.97 Å². The standard InChI is InChI=1S/C23H17BrN2O3S/c1-13-10-18(23(28)29-2)22(30-13)26-21(27)17-12-20(14-6-4-3-5-7-14)25-19-9-8-15(24)11-16(17)19/h3-12H,1-2H3,(H,26,27). The minimum atomic E-state index is -0.484. The van der Waals surface area contributed by atoms with E-state index < -0.39 is 5.97 Å². The van der Waals surface area contributed by atoms with Crippen molar-refractivity contribution in [3.8, 4) is 11.3 Å². The van der Waals surface area contributed by atoms with Crippen LogP contribution in [0.1, 0.15) is 25.6 Å². The summed E-state index contributed by atoms with van der Waals surface area (Å²) < 4.78 is 5.69. The first-order chi connectivity index (χ1) is 14.5. The molecule has 2 heterocycles. The van der Waals surface area contributed by atoms with Crippen LogP contribution in [0.5, 0.6) is 0 Å². The van der Waals surface area contributed by atoms with Crippen molar-refractivity contribution in [3.63, 3.8) is 0 Å². The zero-order chi connectivity index (χ0) is 21.3. The van der Waals surface area contributed by atoms with Crippen molar-refractivity contribution in [3.05, 3.63) is 81.1 Å². The highest BCUT2D eigenvalue weighted by Gasteiger charge is 2.20. The van der Waals surface area contributed by atoms with Crippen molar-refractivity contribution >= 4 is 55.0 Å². The van der Waals surface area contributed by atoms with Crippen LogP contribution in [-0.2, 0) is 4.74 Å². The molecule has 1 amide bonds. The Hall–Kier alpha value is -3.03. The Kier molecular flexibility index (Phi) is 5.65. The number of hydrogen-bond donors (Lipinski definition) is 1. The van der Waals surface area contributed by atoms with Crippen LogP contribution in [0.25, 0.3) is 22.2 Å². The van der Waals surface area contributed by atoms with Gasteiger partial charge in [0.1, 0.15) is 5.00 Å². The van der Waals surface area contributed by atoms with Crippen molar-refractivity contribution in [2.45, 2.75) is 6.92 Å². The third-order valence-electron chi connectivity index (χ3n) is 4.57. The number of ether oxygens (including phenoxy) is 1. The number of anilines is 1. The predicted molar refractivity (Wildman–Crippen MR) is 123 cm³/mol. The number of esters is 1. The summed E-state index contributed by atoms with van der Waals surface area (Å²) in [7, 11) is 1.32. The first-order valence-corrected chi connectivity index (χ1v) is 10.7. The number of methoxy groups -OCH3 is 1. The molecule has 2 aromatic carbocycles. The number of rotatable bonds is 4. The highest BCUT2D eigenvalue weighted by molar-refractivity contribution is 9.10. The SMILES string of the molecule is COC(=O)c1cc(C)sc1NC(=O)c1cc(-c2ccccc2)nc2ccc(Br)cc12. The average molecular weight is 481 g/mol. The number of fused-ring (bicyclic) bond motifs is 1. The van der Waals surface area contributed by atoms with Gasteiger partial charge < -0.3 is 10.1 Å². The van der Waals surface area contributed by atoms with Gasteiger partial charge in [-0.2, -0.15) is 0 Å². The number of aromatic nitrogens is 1. The third kappa shape index (κ3) is 3.99. The van der Waals surface area contributed by atoms with Crippen LogP contribution in [-0.4, -0.2) is 24.0 Å². The molecule has 0 saturated carbocycles. The van der Waals surface area contributed by atoms with Gasteiger partial charge in [0.15, 0.2) is 0 Å². The second-order valence-corrected chi connectivity index (χ2v) is 8.80. The number of thiophene rings is 1. The van der Waals surface area contributed by atoms with E-state index in [4.69, 9.17) is 9.72 Å². The van der Waals surface area contributed by atoms with Crippen LogP contribution in [0.2, 0.25) is 0 Å². The van der Waals surface area contributed by atoms with Gasteiger partial charge in [0.25, 0.3) is 5.91 Å². The quantitative estimate of drug-likeness (QED) is 0.359. The molecule has 0 fully saturated rings. The lowest BCUT2D eigenvalue weighted by atomic mass is 10.0. The van der Waals surface area contributed by atoms with Gasteiger partial charge in [-0.05, 0) is 37.3 Å². The molecule has 0 aliphatic rings. The maximum Gasteiger partial charge on any atom is 0.340 e. The summed E-state index contributed by atoms with van der Waals surface area (Å²) in [5, 5.41) is 4.07. The molecule has 4 aromatic rings. The summed E-state index contributed by atoms with van der Waals surface area (Å²) in [4.78, 5) is 31.0. The van der Waals surface area contributed by atoms with Crippen LogP contribution in [0.4, 0.5) is 5.00 Å². The number of carbonyl (C=O) groups is 2. The minimum Gasteiger partial charge on any atom is -0.465 e. The van der Waals surface area contributed by atoms with Crippen molar-refractivity contribution in [1.29, 1.82) is 0 Å². The molecule has 0 atom stereocenters. The second-order valence-electron chi connectivity index (χ2n) is 6.63. The number of nitrogens with one attached hydrogen (secondary N) is 1. The van der Waals surface area contributed by atoms with E-state index in [-0.39, 0.29) is 5.91 Å². The molecule has 2 aromatic heterocycles. The normalized spacial score (nSPS) is 10.8. The van der Waals surface area contributed by atoms with E-state index in [1.54, 1.807) is 12.1 Å². The highest BCUT2D eigenvalue weighted by atomic mass is 79.9. The number of halogens is 1. The lowest BCUT2D eigenvalue weighted by Gasteiger charge is -2.11. The minimum absolute atomic E-state index is 0.315. The fourth-order valence-corrected chi connectivity index (χ4v) is 4.44. The van der Waals surface area contributed by atoms with Gasteiger partial charge in [0, 0.05) is 20.3 Å². The fraction of sp³-hybridized carbons (Fsp3) is 0.0870. The Bertz CT molecular complexity index is 1270. The van der Waals surface area contributed by atoms with Crippen LogP contribution >= 0.6 is 27.3 Å². The predicted octanol–water partition coefficient (Wildman–Crippen LogP) is 6.07. The average Bonchev–Trinajstić information content (AvgIpc) is 3.12. The number of amides is 1. The van der Waals surface area contributed by atoms with Crippen molar-refractivity contribution in [1.82, 2.24) is 4.98 Å². The Balaban J connectivity index is 1.82. The van der Waals surface area contributed by atoms with E-state index in [1.807, 2.05) is 55.5 Å². The zero-order valence-electron chi connectivity index (χ0n) is 16.2. The lowest BCUT2D eigenvalue weighted by Crippen LogP contribution is -2.14. The highest BCUT2D eigenvalue weighted by Crippen LogP contribution is 2.31. The Morgan fingerprint density at radius 3 is 2.53 bits per heavy atom. The third-order valence-corrected chi connectivity index (χ3v) is 6.03. The van der Waals surface area contributed by atoms with E-state index >= 15 is 0 Å². The van der Waals surface area contributed by atoms with Gasteiger partial charge in [-0.25, -0.2) is 9.78 Å². The number of hydrogen-bond acceptors (Lipinski definition) is 5. The van der Waals surface area contributed by atoms with E-state index in [0.717, 1.165) is 20.3 Å². The Morgan fingerprint density at radius 1 is 1.03 bits per heavy atom. The maximum atomic E-state index is 13.3. The summed E-state index contributed by atoms with van der Waals surface area (Å²) in [6.07, 6.45) is 0. The molecule has 7 heteroatoms. The number of nitrogens with zero attached hydrogens (tertiary/aromatic N) is 1. The first-order valence-electron chi connectivity index (χ1n) is 9.12. The molecule has 150 valence electrons. The van der Waals surface area contributed by atoms with Crippen LogP contribution in [0.15, 0.2) is 65.1 Å². The van der Waals surface area contributed by atoms with Crippen molar-refractivity contribution in [2.75, 3.05) is 12.4 Å². The summed E-state index contributed by atoms with van der Waals surface area (Å²) in [6.45, 7) is 1.87. The zero-order valence-corrected chi connectivity index (χ0v) is 18.6. The molecular weight excluding hydrogens is 464 g/mol. The molecule has 0 bridgehead atoms. The van der Waals surface area contributed by atoms with Gasteiger partial charge in [-0.1, -0.05) is 46.3 Å². The first kappa shape index (κ1) is 20.3. The van der Waals surface area contributed by atoms with Gasteiger partial charge in [0.2, 0.25) is 0 Å². The van der Waals surface area contributed by atoms with Crippen LogP contribution < -0.4 is 5.32 Å². The Morgan fingerprint density at radius 2 is 1.80 bits per heavy atom. The fourth-order valence-electron chi connectivity index (χ4n) is 3.18. The largest absolute Gasteiger partial charge is 0.465 e. The smallest absolute Gasteiger partial charge is 0.340 e. The molecule has 1 N–H and O–H groups in total. The van der Waals surface area contributed by atoms with Gasteiger partial charge in [-0.3, -0.25) is 4.79 Å². The molecule has 4 rings (SSSR count). The van der Waals surface area contributed by atoms with Gasteiger partial charge in [-0.15, -0.1) is 11.3 Å². The van der Waals surface area contributed by atoms with Crippen molar-refractivity contribution in [2.24, 2.45) is 0 Å². The second kappa shape index (κ2) is 8.38. The maximum absolute atomic E-state index is 13.3. The summed E-state index contributed by atoms with van der Waals surface area (Å²) >= 11 is 4.80. The number of benzene rings is 2. The topological polar surface area (TPSA) is 68.3 Å². The number of carbonyl (C=O) groups excluding carboxylic acids is 2. The lowest BCUT2D eigenvalue weighted by molar-refractivity contribution is 0.0602. The molecule has 5 nitrogen and oxygen atoms in total. The van der Waals surface area contributed by atoms with Crippen LogP contribution in [0, 0.1) is 6.92 Å². The number of aryl methyl sites for hydroxylation is 1. The molecule has 0 spiro atoms. The summed E-state index contributed by atoms with van der Waals surface area (Å²) in [5.41, 5.74) is 3.14. The molecule has 30 heavy (non-hydrogen) atoms. The van der Waals surface area contributed by atoms with E-state index in [9.17, 15) is 9.59 Å². The molecular formula is C23H17BrN2O3S. The monoisotopic (exact) mass is 480 g/mol. The van der Waals surface area contributed by atoms with E-state index in [2.05, 4.69) is 21.2 Å². The van der Waals surface area contributed by atoms with E-state index in [0.29, 0.717) is 27.3 Å². The molecule has 0 aliphatic carbocycles. The number of pyridine rings is 1. The summed E-state index contributed by atoms with van der Waals surface area (Å²) in [5.74, 6) is -0.799. The molecule has 0 aliphatic heterocycles. The van der Waals surface area contributed by atoms with Crippen molar-refractivity contribution < 1.29 is 14.3 Å².